The Morgan fingerprint density at radius 3 is 2.70 bits per heavy atom. The molecule has 1 aliphatic heterocycles. The fraction of sp³-hybridized carbons (Fsp3) is 0.611. The molecule has 1 aromatic carbocycles. The van der Waals surface area contributed by atoms with Crippen LogP contribution in [0.5, 0.6) is 0 Å². The lowest BCUT2D eigenvalue weighted by Crippen LogP contribution is -2.46. The van der Waals surface area contributed by atoms with Gasteiger partial charge in [-0.1, -0.05) is 37.3 Å². The normalized spacial score (nSPS) is 17.0. The highest BCUT2D eigenvalue weighted by Crippen LogP contribution is 2.23. The van der Waals surface area contributed by atoms with Crippen LogP contribution in [0.1, 0.15) is 25.3 Å². The third kappa shape index (κ3) is 6.07. The van der Waals surface area contributed by atoms with Gasteiger partial charge in [0.2, 0.25) is 0 Å². The summed E-state index contributed by atoms with van der Waals surface area (Å²) in [6, 6.07) is 10.2. The topological polar surface area (TPSA) is 52.6 Å². The number of aliphatic hydroxyl groups excluding tert-OH is 1. The summed E-state index contributed by atoms with van der Waals surface area (Å²) in [4.78, 5) is 13.9. The van der Waals surface area contributed by atoms with Crippen LogP contribution < -0.4 is 5.32 Å². The van der Waals surface area contributed by atoms with Crippen molar-refractivity contribution in [2.24, 2.45) is 5.92 Å². The molecular weight excluding hydrogens is 308 g/mol. The van der Waals surface area contributed by atoms with E-state index in [0.717, 1.165) is 44.0 Å². The number of benzene rings is 1. The third-order valence-corrected chi connectivity index (χ3v) is 5.29. The number of nitrogens with one attached hydrogen (secondary N) is 1. The molecule has 2 rings (SSSR count). The molecule has 1 atom stereocenters. The number of urea groups is 1. The smallest absolute Gasteiger partial charge is 0.317 e. The number of thioether (sulfide) groups is 1. The van der Waals surface area contributed by atoms with Gasteiger partial charge in [0, 0.05) is 25.4 Å². The Kier molecular flexibility index (Phi) is 7.76. The van der Waals surface area contributed by atoms with E-state index in [1.54, 1.807) is 0 Å². The van der Waals surface area contributed by atoms with Gasteiger partial charge in [-0.25, -0.2) is 4.79 Å². The number of hydrogen-bond donors (Lipinski definition) is 2. The van der Waals surface area contributed by atoms with Crippen LogP contribution in [0.2, 0.25) is 0 Å². The summed E-state index contributed by atoms with van der Waals surface area (Å²) >= 11 is 1.84. The van der Waals surface area contributed by atoms with Gasteiger partial charge < -0.3 is 15.3 Å². The number of piperidine rings is 1. The Labute approximate surface area is 143 Å². The van der Waals surface area contributed by atoms with Gasteiger partial charge in [0.15, 0.2) is 0 Å². The van der Waals surface area contributed by atoms with E-state index in [4.69, 9.17) is 0 Å². The summed E-state index contributed by atoms with van der Waals surface area (Å²) in [5, 5.41) is 13.4. The molecule has 1 aromatic rings. The molecule has 5 heteroatoms. The van der Waals surface area contributed by atoms with Crippen molar-refractivity contribution < 1.29 is 9.90 Å². The van der Waals surface area contributed by atoms with Gasteiger partial charge in [-0.05, 0) is 36.5 Å². The summed E-state index contributed by atoms with van der Waals surface area (Å²) in [5.74, 6) is 2.34. The lowest BCUT2D eigenvalue weighted by atomic mass is 9.88. The quantitative estimate of drug-likeness (QED) is 0.753. The van der Waals surface area contributed by atoms with E-state index in [9.17, 15) is 9.90 Å². The minimum atomic E-state index is -0.316. The van der Waals surface area contributed by atoms with E-state index in [1.165, 1.54) is 5.56 Å². The van der Waals surface area contributed by atoms with E-state index >= 15 is 0 Å². The number of rotatable bonds is 7. The van der Waals surface area contributed by atoms with Crippen molar-refractivity contribution in [1.29, 1.82) is 0 Å². The van der Waals surface area contributed by atoms with Crippen LogP contribution in [0.15, 0.2) is 30.3 Å². The van der Waals surface area contributed by atoms with Crippen LogP contribution >= 0.6 is 11.8 Å². The number of carbonyl (C=O) groups excluding carboxylic acids is 1. The predicted octanol–water partition coefficient (Wildman–Crippen LogP) is 2.76. The second-order valence-corrected chi connectivity index (χ2v) is 7.40. The molecule has 2 N–H and O–H groups in total. The lowest BCUT2D eigenvalue weighted by Gasteiger charge is -2.34. The minimum Gasteiger partial charge on any atom is -0.392 e. The van der Waals surface area contributed by atoms with Gasteiger partial charge in [-0.15, -0.1) is 0 Å². The van der Waals surface area contributed by atoms with E-state index in [1.807, 2.05) is 34.9 Å². The summed E-state index contributed by atoms with van der Waals surface area (Å²) in [6.07, 6.45) is 2.14. The third-order valence-electron chi connectivity index (χ3n) is 4.39. The number of likely N-dealkylation sites (tertiary alicyclic amines) is 1. The molecule has 0 spiro atoms. The van der Waals surface area contributed by atoms with E-state index in [0.29, 0.717) is 6.42 Å². The van der Waals surface area contributed by atoms with Crippen LogP contribution in [-0.2, 0) is 6.42 Å². The molecule has 128 valence electrons. The van der Waals surface area contributed by atoms with Crippen molar-refractivity contribution in [1.82, 2.24) is 10.2 Å². The fourth-order valence-corrected chi connectivity index (χ4v) is 3.53. The Balaban J connectivity index is 1.69. The van der Waals surface area contributed by atoms with Gasteiger partial charge in [0.1, 0.15) is 0 Å². The largest absolute Gasteiger partial charge is 0.392 e. The van der Waals surface area contributed by atoms with E-state index in [2.05, 4.69) is 24.4 Å². The molecule has 23 heavy (non-hydrogen) atoms. The van der Waals surface area contributed by atoms with E-state index in [-0.39, 0.29) is 18.1 Å². The number of aliphatic hydroxyl groups is 1. The zero-order valence-electron chi connectivity index (χ0n) is 13.9. The zero-order chi connectivity index (χ0) is 16.5. The number of hydrogen-bond acceptors (Lipinski definition) is 3. The first-order chi connectivity index (χ1) is 11.2. The first kappa shape index (κ1) is 18.1. The molecule has 1 saturated heterocycles. The second-order valence-electron chi connectivity index (χ2n) is 6.01. The van der Waals surface area contributed by atoms with Gasteiger partial charge in [0.05, 0.1) is 6.10 Å². The molecule has 1 heterocycles. The molecule has 0 aromatic heterocycles. The first-order valence-electron chi connectivity index (χ1n) is 8.53. The van der Waals surface area contributed by atoms with E-state index < -0.39 is 0 Å². The summed E-state index contributed by atoms with van der Waals surface area (Å²) in [6.45, 7) is 4.33. The second kappa shape index (κ2) is 9.83. The zero-order valence-corrected chi connectivity index (χ0v) is 14.7. The van der Waals surface area contributed by atoms with Crippen LogP contribution in [-0.4, -0.2) is 53.3 Å². The highest BCUT2D eigenvalue weighted by Gasteiger charge is 2.27. The monoisotopic (exact) mass is 336 g/mol. The maximum atomic E-state index is 12.1. The van der Waals surface area contributed by atoms with Crippen molar-refractivity contribution in [3.8, 4) is 0 Å². The van der Waals surface area contributed by atoms with Crippen molar-refractivity contribution in [2.45, 2.75) is 32.3 Å². The summed E-state index contributed by atoms with van der Waals surface area (Å²) in [5.41, 5.74) is 1.17. The number of amides is 2. The Morgan fingerprint density at radius 2 is 2.04 bits per heavy atom. The first-order valence-corrected chi connectivity index (χ1v) is 9.68. The van der Waals surface area contributed by atoms with Gasteiger partial charge in [-0.3, -0.25) is 0 Å². The summed E-state index contributed by atoms with van der Waals surface area (Å²) < 4.78 is 0. The molecule has 1 aliphatic rings. The molecule has 4 nitrogen and oxygen atoms in total. The van der Waals surface area contributed by atoms with Crippen LogP contribution in [0, 0.1) is 5.92 Å². The molecule has 1 fully saturated rings. The average Bonchev–Trinajstić information content (AvgIpc) is 2.59. The van der Waals surface area contributed by atoms with Gasteiger partial charge >= 0.3 is 6.03 Å². The summed E-state index contributed by atoms with van der Waals surface area (Å²) in [7, 11) is 0. The maximum absolute atomic E-state index is 12.1. The Bertz CT molecular complexity index is 461. The van der Waals surface area contributed by atoms with Crippen LogP contribution in [0.25, 0.3) is 0 Å². The van der Waals surface area contributed by atoms with Crippen molar-refractivity contribution in [2.75, 3.05) is 31.1 Å². The molecule has 1 unspecified atom stereocenters. The molecule has 0 aliphatic carbocycles. The molecular formula is C18H28N2O2S. The van der Waals surface area contributed by atoms with Crippen molar-refractivity contribution in [3.05, 3.63) is 35.9 Å². The van der Waals surface area contributed by atoms with Crippen LogP contribution in [0.4, 0.5) is 4.79 Å². The predicted molar refractivity (Wildman–Crippen MR) is 96.8 cm³/mol. The molecule has 2 amide bonds. The number of carbonyl (C=O) groups is 1. The Morgan fingerprint density at radius 1 is 1.35 bits per heavy atom. The maximum Gasteiger partial charge on any atom is 0.317 e. The molecule has 0 saturated carbocycles. The number of nitrogens with zero attached hydrogens (tertiary/aromatic N) is 1. The Hall–Kier alpha value is -1.20. The van der Waals surface area contributed by atoms with Gasteiger partial charge in [-0.2, -0.15) is 11.8 Å². The van der Waals surface area contributed by atoms with Crippen molar-refractivity contribution in [3.63, 3.8) is 0 Å². The molecule has 0 bridgehead atoms. The highest BCUT2D eigenvalue weighted by molar-refractivity contribution is 7.99. The van der Waals surface area contributed by atoms with Crippen molar-refractivity contribution >= 4 is 17.8 Å². The lowest BCUT2D eigenvalue weighted by molar-refractivity contribution is 0.0672. The van der Waals surface area contributed by atoms with Crippen LogP contribution in [0.3, 0.4) is 0 Å². The standard InChI is InChI=1S/C18H28N2O2S/c1-2-23-13-10-19-18(22)20-11-8-16(9-12-20)17(21)14-15-6-4-3-5-7-15/h3-7,16-17,21H,2,8-14H2,1H3,(H,19,22). The minimum absolute atomic E-state index is 0.0395. The average molecular weight is 337 g/mol. The highest BCUT2D eigenvalue weighted by atomic mass is 32.2. The molecule has 0 radical (unpaired) electrons. The van der Waals surface area contributed by atoms with Gasteiger partial charge in [0.25, 0.3) is 0 Å². The SMILES string of the molecule is CCSCCNC(=O)N1CCC(C(O)Cc2ccccc2)CC1. The fourth-order valence-electron chi connectivity index (χ4n) is 3.00.